The van der Waals surface area contributed by atoms with Gasteiger partial charge in [0.05, 0.1) is 10.3 Å². The van der Waals surface area contributed by atoms with Crippen LogP contribution in [0.2, 0.25) is 0 Å². The van der Waals surface area contributed by atoms with Crippen molar-refractivity contribution in [2.45, 2.75) is 39.2 Å². The van der Waals surface area contributed by atoms with Crippen molar-refractivity contribution < 1.29 is 4.79 Å². The molecule has 0 unspecified atom stereocenters. The van der Waals surface area contributed by atoms with Crippen molar-refractivity contribution in [3.05, 3.63) is 26.6 Å². The summed E-state index contributed by atoms with van der Waals surface area (Å²) in [5, 5.41) is 4.13. The fourth-order valence-corrected chi connectivity index (χ4v) is 6.00. The molecule has 2 atom stereocenters. The number of likely N-dealkylation sites (tertiary alicyclic amines) is 1. The van der Waals surface area contributed by atoms with Gasteiger partial charge in [-0.3, -0.25) is 14.2 Å². The van der Waals surface area contributed by atoms with Crippen LogP contribution in [-0.4, -0.2) is 46.5 Å². The first-order valence-electron chi connectivity index (χ1n) is 9.66. The minimum Gasteiger partial charge on any atom is -0.338 e. The van der Waals surface area contributed by atoms with Crippen molar-refractivity contribution in [3.8, 4) is 0 Å². The molecule has 8 heteroatoms. The van der Waals surface area contributed by atoms with Crippen molar-refractivity contribution in [1.82, 2.24) is 19.8 Å². The topological polar surface area (TPSA) is 67.2 Å². The predicted molar refractivity (Wildman–Crippen MR) is 109 cm³/mol. The Hall–Kier alpha value is -1.44. The van der Waals surface area contributed by atoms with E-state index in [0.717, 1.165) is 74.6 Å². The van der Waals surface area contributed by atoms with E-state index in [0.29, 0.717) is 22.1 Å². The molecule has 0 aliphatic carbocycles. The van der Waals surface area contributed by atoms with E-state index in [-0.39, 0.29) is 23.9 Å². The zero-order valence-electron chi connectivity index (χ0n) is 15.5. The third kappa shape index (κ3) is 3.00. The average Bonchev–Trinajstić information content (AvgIpc) is 3.32. The summed E-state index contributed by atoms with van der Waals surface area (Å²) < 4.78 is 1.79. The van der Waals surface area contributed by atoms with Gasteiger partial charge >= 0.3 is 0 Å². The summed E-state index contributed by atoms with van der Waals surface area (Å²) in [5.74, 6) is 2.36. The van der Waals surface area contributed by atoms with E-state index >= 15 is 0 Å². The summed E-state index contributed by atoms with van der Waals surface area (Å²) >= 11 is 1.41. The molecular formula is C19H25ClN4O2S. The van der Waals surface area contributed by atoms with Crippen LogP contribution < -0.4 is 10.9 Å². The van der Waals surface area contributed by atoms with Gasteiger partial charge in [0.2, 0.25) is 0 Å². The van der Waals surface area contributed by atoms with Crippen molar-refractivity contribution in [3.63, 3.8) is 0 Å². The molecule has 2 saturated heterocycles. The lowest BCUT2D eigenvalue weighted by molar-refractivity contribution is 0.0763. The number of rotatable bonds is 1. The summed E-state index contributed by atoms with van der Waals surface area (Å²) in [5.41, 5.74) is 0.854. The van der Waals surface area contributed by atoms with E-state index in [1.807, 2.05) is 11.8 Å². The number of aromatic nitrogens is 2. The third-order valence-electron chi connectivity index (χ3n) is 6.41. The summed E-state index contributed by atoms with van der Waals surface area (Å²) in [7, 11) is 0. The lowest BCUT2D eigenvalue weighted by Gasteiger charge is -2.20. The Kier molecular flexibility index (Phi) is 5.03. The van der Waals surface area contributed by atoms with E-state index in [2.05, 4.69) is 5.32 Å². The van der Waals surface area contributed by atoms with Gasteiger partial charge in [-0.25, -0.2) is 4.98 Å². The summed E-state index contributed by atoms with van der Waals surface area (Å²) in [6, 6.07) is 0. The predicted octanol–water partition coefficient (Wildman–Crippen LogP) is 2.21. The summed E-state index contributed by atoms with van der Waals surface area (Å²) in [4.78, 5) is 34.2. The number of amides is 1. The molecule has 5 heterocycles. The van der Waals surface area contributed by atoms with Crippen LogP contribution in [0.15, 0.2) is 4.79 Å². The van der Waals surface area contributed by atoms with Crippen LogP contribution in [0.1, 0.15) is 40.3 Å². The fraction of sp³-hybridized carbons (Fsp3) is 0.632. The maximum Gasteiger partial charge on any atom is 0.264 e. The number of thiophene rings is 1. The zero-order valence-corrected chi connectivity index (χ0v) is 17.1. The van der Waals surface area contributed by atoms with Crippen LogP contribution in [0.3, 0.4) is 0 Å². The normalized spacial score (nSPS) is 24.4. The first-order valence-corrected chi connectivity index (χ1v) is 10.5. The molecule has 1 N–H and O–H groups in total. The largest absolute Gasteiger partial charge is 0.338 e. The second kappa shape index (κ2) is 7.18. The van der Waals surface area contributed by atoms with Gasteiger partial charge in [0, 0.05) is 26.1 Å². The molecule has 2 aromatic heterocycles. The molecule has 146 valence electrons. The Morgan fingerprint density at radius 2 is 1.89 bits per heavy atom. The second-order valence-corrected chi connectivity index (χ2v) is 8.87. The Morgan fingerprint density at radius 1 is 1.19 bits per heavy atom. The van der Waals surface area contributed by atoms with Gasteiger partial charge in [0.1, 0.15) is 10.7 Å². The fourth-order valence-electron chi connectivity index (χ4n) is 4.84. The van der Waals surface area contributed by atoms with Gasteiger partial charge in [-0.15, -0.1) is 23.7 Å². The molecule has 0 bridgehead atoms. The number of hydrogen-bond donors (Lipinski definition) is 1. The van der Waals surface area contributed by atoms with E-state index in [1.165, 1.54) is 11.3 Å². The van der Waals surface area contributed by atoms with Gasteiger partial charge in [-0.05, 0) is 56.7 Å². The minimum atomic E-state index is 0. The maximum atomic E-state index is 13.2. The SMILES string of the molecule is Cc1c(C(=O)N2CC[C@@H]3CNC[C@@H]3CC2)sc2nc3n(c(=O)c12)CCC3.Cl. The summed E-state index contributed by atoms with van der Waals surface area (Å²) in [6.45, 7) is 6.46. The lowest BCUT2D eigenvalue weighted by atomic mass is 9.92. The Bertz CT molecular complexity index is 939. The molecule has 0 saturated carbocycles. The second-order valence-electron chi connectivity index (χ2n) is 7.87. The molecule has 0 radical (unpaired) electrons. The molecule has 6 nitrogen and oxygen atoms in total. The number of nitrogens with one attached hydrogen (secondary N) is 1. The Balaban J connectivity index is 0.00000180. The van der Waals surface area contributed by atoms with Crippen LogP contribution >= 0.6 is 23.7 Å². The van der Waals surface area contributed by atoms with Gasteiger partial charge in [-0.2, -0.15) is 0 Å². The molecule has 2 aromatic rings. The van der Waals surface area contributed by atoms with Crippen LogP contribution in [0, 0.1) is 18.8 Å². The number of carbonyl (C=O) groups excluding carboxylic acids is 1. The highest BCUT2D eigenvalue weighted by molar-refractivity contribution is 7.20. The van der Waals surface area contributed by atoms with Gasteiger partial charge in [0.15, 0.2) is 0 Å². The Morgan fingerprint density at radius 3 is 2.59 bits per heavy atom. The first-order chi connectivity index (χ1) is 12.6. The number of carbonyl (C=O) groups is 1. The highest BCUT2D eigenvalue weighted by Gasteiger charge is 2.33. The standard InChI is InChI=1S/C19H24N4O2S.ClH/c1-11-15-17(21-14-3-2-6-23(14)18(15)24)26-16(11)19(25)22-7-4-12-9-20-10-13(12)5-8-22;/h12-13,20H,2-10H2,1H3;1H/t12-,13+;. The Labute approximate surface area is 168 Å². The van der Waals surface area contributed by atoms with E-state index < -0.39 is 0 Å². The number of hydrogen-bond acceptors (Lipinski definition) is 5. The van der Waals surface area contributed by atoms with Crippen molar-refractivity contribution >= 4 is 39.9 Å². The highest BCUT2D eigenvalue weighted by atomic mass is 35.5. The number of aryl methyl sites for hydroxylation is 2. The smallest absolute Gasteiger partial charge is 0.264 e. The van der Waals surface area contributed by atoms with E-state index in [9.17, 15) is 9.59 Å². The molecule has 3 aliphatic rings. The molecular weight excluding hydrogens is 384 g/mol. The summed E-state index contributed by atoms with van der Waals surface area (Å²) in [6.07, 6.45) is 3.98. The molecule has 5 rings (SSSR count). The van der Waals surface area contributed by atoms with Crippen LogP contribution in [0.5, 0.6) is 0 Å². The zero-order chi connectivity index (χ0) is 17.8. The number of fused-ring (bicyclic) bond motifs is 3. The molecule has 2 fully saturated rings. The first kappa shape index (κ1) is 18.9. The molecule has 1 amide bonds. The van der Waals surface area contributed by atoms with Gasteiger partial charge in [-0.1, -0.05) is 0 Å². The van der Waals surface area contributed by atoms with Crippen LogP contribution in [0.25, 0.3) is 10.2 Å². The number of nitrogens with zero attached hydrogens (tertiary/aromatic N) is 3. The van der Waals surface area contributed by atoms with Crippen molar-refractivity contribution in [2.24, 2.45) is 11.8 Å². The number of halogens is 1. The van der Waals surface area contributed by atoms with E-state index in [4.69, 9.17) is 4.98 Å². The van der Waals surface area contributed by atoms with Gasteiger partial charge in [0.25, 0.3) is 11.5 Å². The third-order valence-corrected chi connectivity index (χ3v) is 7.59. The molecule has 3 aliphatic heterocycles. The van der Waals surface area contributed by atoms with Crippen molar-refractivity contribution in [2.75, 3.05) is 26.2 Å². The van der Waals surface area contributed by atoms with Crippen LogP contribution in [-0.2, 0) is 13.0 Å². The lowest BCUT2D eigenvalue weighted by Crippen LogP contribution is -2.32. The van der Waals surface area contributed by atoms with Crippen LogP contribution in [0.4, 0.5) is 0 Å². The monoisotopic (exact) mass is 408 g/mol. The average molecular weight is 409 g/mol. The van der Waals surface area contributed by atoms with Crippen molar-refractivity contribution in [1.29, 1.82) is 0 Å². The molecule has 0 spiro atoms. The van der Waals surface area contributed by atoms with E-state index in [1.54, 1.807) is 4.57 Å². The molecule has 0 aromatic carbocycles. The highest BCUT2D eigenvalue weighted by Crippen LogP contribution is 2.32. The maximum absolute atomic E-state index is 13.2. The minimum absolute atomic E-state index is 0. The quantitative estimate of drug-likeness (QED) is 0.785. The van der Waals surface area contributed by atoms with Gasteiger partial charge < -0.3 is 10.2 Å². The molecule has 27 heavy (non-hydrogen) atoms.